The van der Waals surface area contributed by atoms with Crippen LogP contribution in [0.5, 0.6) is 0 Å². The first-order valence-electron chi connectivity index (χ1n) is 9.82. The summed E-state index contributed by atoms with van der Waals surface area (Å²) in [4.78, 5) is 7.14. The van der Waals surface area contributed by atoms with E-state index < -0.39 is 9.84 Å². The van der Waals surface area contributed by atoms with Crippen LogP contribution in [0.1, 0.15) is 18.4 Å². The molecule has 1 aromatic rings. The SMILES string of the molecule is CN(C)[C@@H]1CS(=O)(=O)[C@H]2CN(C3CCN(Cc4ccccc4)CC3)C[C@@H]12. The topological polar surface area (TPSA) is 43.9 Å². The molecular weight excluding hydrogens is 346 g/mol. The van der Waals surface area contributed by atoms with E-state index in [1.807, 2.05) is 14.1 Å². The molecule has 144 valence electrons. The van der Waals surface area contributed by atoms with E-state index >= 15 is 0 Å². The van der Waals surface area contributed by atoms with Gasteiger partial charge in [-0.1, -0.05) is 30.3 Å². The highest BCUT2D eigenvalue weighted by atomic mass is 32.2. The predicted octanol–water partition coefficient (Wildman–Crippen LogP) is 1.31. The summed E-state index contributed by atoms with van der Waals surface area (Å²) < 4.78 is 25.2. The van der Waals surface area contributed by atoms with Crippen LogP contribution in [0, 0.1) is 5.92 Å². The first-order valence-corrected chi connectivity index (χ1v) is 11.5. The van der Waals surface area contributed by atoms with E-state index in [1.54, 1.807) is 0 Å². The van der Waals surface area contributed by atoms with Crippen LogP contribution in [0.3, 0.4) is 0 Å². The number of piperidine rings is 1. The molecule has 0 bridgehead atoms. The summed E-state index contributed by atoms with van der Waals surface area (Å²) in [5, 5.41) is -0.141. The van der Waals surface area contributed by atoms with Gasteiger partial charge in [0.25, 0.3) is 0 Å². The third-order valence-corrected chi connectivity index (χ3v) is 8.91. The second-order valence-corrected chi connectivity index (χ2v) is 10.8. The molecule has 26 heavy (non-hydrogen) atoms. The summed E-state index contributed by atoms with van der Waals surface area (Å²) in [5.41, 5.74) is 1.38. The summed E-state index contributed by atoms with van der Waals surface area (Å²) in [7, 11) is 1.11. The lowest BCUT2D eigenvalue weighted by Gasteiger charge is -2.37. The fourth-order valence-corrected chi connectivity index (χ4v) is 7.67. The number of benzene rings is 1. The van der Waals surface area contributed by atoms with Gasteiger partial charge in [-0.2, -0.15) is 0 Å². The van der Waals surface area contributed by atoms with Crippen LogP contribution in [0.4, 0.5) is 0 Å². The van der Waals surface area contributed by atoms with Gasteiger partial charge < -0.3 is 4.90 Å². The lowest BCUT2D eigenvalue weighted by Crippen LogP contribution is -2.45. The van der Waals surface area contributed by atoms with Crippen LogP contribution in [0.25, 0.3) is 0 Å². The van der Waals surface area contributed by atoms with Crippen molar-refractivity contribution in [1.29, 1.82) is 0 Å². The average Bonchev–Trinajstić information content (AvgIpc) is 3.16. The number of hydrogen-bond donors (Lipinski definition) is 0. The summed E-state index contributed by atoms with van der Waals surface area (Å²) in [6, 6.07) is 11.4. The van der Waals surface area contributed by atoms with E-state index in [4.69, 9.17) is 0 Å². The molecule has 0 saturated carbocycles. The van der Waals surface area contributed by atoms with Crippen LogP contribution < -0.4 is 0 Å². The summed E-state index contributed by atoms with van der Waals surface area (Å²) >= 11 is 0. The van der Waals surface area contributed by atoms with Gasteiger partial charge in [0.2, 0.25) is 0 Å². The van der Waals surface area contributed by atoms with Gasteiger partial charge in [-0.25, -0.2) is 8.42 Å². The largest absolute Gasteiger partial charge is 0.305 e. The third kappa shape index (κ3) is 3.57. The van der Waals surface area contributed by atoms with E-state index in [0.717, 1.165) is 45.6 Å². The van der Waals surface area contributed by atoms with Crippen molar-refractivity contribution in [3.63, 3.8) is 0 Å². The molecule has 0 radical (unpaired) electrons. The summed E-state index contributed by atoms with van der Waals surface area (Å²) in [6.07, 6.45) is 2.30. The van der Waals surface area contributed by atoms with Gasteiger partial charge >= 0.3 is 0 Å². The Morgan fingerprint density at radius 2 is 1.77 bits per heavy atom. The molecular formula is C20H31N3O2S. The smallest absolute Gasteiger partial charge is 0.156 e. The van der Waals surface area contributed by atoms with Gasteiger partial charge in [0, 0.05) is 37.6 Å². The molecule has 3 aliphatic heterocycles. The number of nitrogens with zero attached hydrogens (tertiary/aromatic N) is 3. The zero-order valence-corrected chi connectivity index (χ0v) is 16.7. The second-order valence-electron chi connectivity index (χ2n) is 8.51. The highest BCUT2D eigenvalue weighted by Crippen LogP contribution is 2.37. The minimum atomic E-state index is -2.93. The van der Waals surface area contributed by atoms with E-state index in [-0.39, 0.29) is 17.2 Å². The molecule has 3 aliphatic rings. The molecule has 4 rings (SSSR count). The quantitative estimate of drug-likeness (QED) is 0.792. The van der Waals surface area contributed by atoms with Crippen molar-refractivity contribution in [3.05, 3.63) is 35.9 Å². The first kappa shape index (κ1) is 18.4. The molecule has 3 fully saturated rings. The number of likely N-dealkylation sites (tertiary alicyclic amines) is 2. The van der Waals surface area contributed by atoms with Gasteiger partial charge in [-0.3, -0.25) is 9.80 Å². The highest BCUT2D eigenvalue weighted by Gasteiger charge is 2.53. The predicted molar refractivity (Wildman–Crippen MR) is 105 cm³/mol. The monoisotopic (exact) mass is 377 g/mol. The molecule has 0 aromatic heterocycles. The van der Waals surface area contributed by atoms with Crippen LogP contribution >= 0.6 is 0 Å². The van der Waals surface area contributed by atoms with Crippen LogP contribution in [0.15, 0.2) is 30.3 Å². The molecule has 6 heteroatoms. The molecule has 3 heterocycles. The summed E-state index contributed by atoms with van der Waals surface area (Å²) in [5.74, 6) is 0.635. The molecule has 0 aliphatic carbocycles. The van der Waals surface area contributed by atoms with Crippen molar-refractivity contribution in [3.8, 4) is 0 Å². The highest BCUT2D eigenvalue weighted by molar-refractivity contribution is 7.92. The average molecular weight is 378 g/mol. The third-order valence-electron chi connectivity index (χ3n) is 6.68. The van der Waals surface area contributed by atoms with E-state index in [1.165, 1.54) is 5.56 Å². The van der Waals surface area contributed by atoms with E-state index in [0.29, 0.717) is 11.8 Å². The Kier molecular flexibility index (Phi) is 5.12. The Morgan fingerprint density at radius 1 is 1.08 bits per heavy atom. The molecule has 0 spiro atoms. The number of rotatable bonds is 4. The minimum absolute atomic E-state index is 0.141. The minimum Gasteiger partial charge on any atom is -0.305 e. The molecule has 0 amide bonds. The Bertz CT molecular complexity index is 714. The first-order chi connectivity index (χ1) is 12.4. The van der Waals surface area contributed by atoms with E-state index in [2.05, 4.69) is 45.0 Å². The van der Waals surface area contributed by atoms with Gasteiger partial charge in [0.15, 0.2) is 9.84 Å². The molecule has 3 atom stereocenters. The maximum atomic E-state index is 12.6. The maximum absolute atomic E-state index is 12.6. The fourth-order valence-electron chi connectivity index (χ4n) is 5.18. The zero-order chi connectivity index (χ0) is 18.3. The molecule has 0 N–H and O–H groups in total. The molecule has 0 unspecified atom stereocenters. The molecule has 3 saturated heterocycles. The Morgan fingerprint density at radius 3 is 2.42 bits per heavy atom. The maximum Gasteiger partial charge on any atom is 0.156 e. The Labute approximate surface area is 157 Å². The standard InChI is InChI=1S/C20H31N3O2S/c1-21(2)19-15-26(24,25)20-14-23(13-18(19)20)17-8-10-22(11-9-17)12-16-6-4-3-5-7-16/h3-7,17-20H,8-15H2,1-2H3/t18-,19+,20-/m0/s1. The van der Waals surface area contributed by atoms with Crippen LogP contribution in [-0.2, 0) is 16.4 Å². The van der Waals surface area contributed by atoms with Gasteiger partial charge in [0.05, 0.1) is 11.0 Å². The fraction of sp³-hybridized carbons (Fsp3) is 0.700. The normalized spacial score (nSPS) is 33.0. The van der Waals surface area contributed by atoms with Crippen molar-refractivity contribution in [2.45, 2.75) is 36.7 Å². The molecule has 5 nitrogen and oxygen atoms in total. The van der Waals surface area contributed by atoms with Crippen molar-refractivity contribution in [1.82, 2.24) is 14.7 Å². The summed E-state index contributed by atoms with van der Waals surface area (Å²) in [6.45, 7) is 4.94. The van der Waals surface area contributed by atoms with Crippen molar-refractivity contribution in [2.75, 3.05) is 46.0 Å². The Balaban J connectivity index is 1.34. The van der Waals surface area contributed by atoms with Gasteiger partial charge in [-0.15, -0.1) is 0 Å². The number of sulfone groups is 1. The van der Waals surface area contributed by atoms with Gasteiger partial charge in [-0.05, 0) is 45.6 Å². The number of hydrogen-bond acceptors (Lipinski definition) is 5. The lowest BCUT2D eigenvalue weighted by atomic mass is 9.99. The Hall–Kier alpha value is -0.950. The zero-order valence-electron chi connectivity index (χ0n) is 15.9. The van der Waals surface area contributed by atoms with Gasteiger partial charge in [0.1, 0.15) is 0 Å². The van der Waals surface area contributed by atoms with Crippen molar-refractivity contribution in [2.24, 2.45) is 5.92 Å². The second kappa shape index (κ2) is 7.23. The van der Waals surface area contributed by atoms with Crippen molar-refractivity contribution < 1.29 is 8.42 Å². The number of fused-ring (bicyclic) bond motifs is 1. The molecule has 1 aromatic carbocycles. The van der Waals surface area contributed by atoms with E-state index in [9.17, 15) is 8.42 Å². The van der Waals surface area contributed by atoms with Crippen LogP contribution in [0.2, 0.25) is 0 Å². The van der Waals surface area contributed by atoms with Crippen molar-refractivity contribution >= 4 is 9.84 Å². The lowest BCUT2D eigenvalue weighted by molar-refractivity contribution is 0.114. The van der Waals surface area contributed by atoms with Crippen LogP contribution in [-0.4, -0.2) is 86.5 Å².